The van der Waals surface area contributed by atoms with Crippen molar-refractivity contribution < 1.29 is 14.1 Å². The van der Waals surface area contributed by atoms with Crippen molar-refractivity contribution in [3.05, 3.63) is 103 Å². The summed E-state index contributed by atoms with van der Waals surface area (Å²) >= 11 is 7.96. The third-order valence-electron chi connectivity index (χ3n) is 5.98. The molecule has 8 heteroatoms. The molecule has 0 atom stereocenters. The van der Waals surface area contributed by atoms with Gasteiger partial charge in [-0.2, -0.15) is 8.97 Å². The lowest BCUT2D eigenvalue weighted by Gasteiger charge is -2.13. The monoisotopic (exact) mass is 506 g/mol. The van der Waals surface area contributed by atoms with Gasteiger partial charge in [-0.1, -0.05) is 29.8 Å². The lowest BCUT2D eigenvalue weighted by atomic mass is 9.98. The third-order valence-corrected chi connectivity index (χ3v) is 7.19. The Bertz CT molecular complexity index is 1680. The summed E-state index contributed by atoms with van der Waals surface area (Å²) in [4.78, 5) is 18.8. The minimum atomic E-state index is -0.614. The molecule has 0 spiro atoms. The van der Waals surface area contributed by atoms with Gasteiger partial charge in [0.2, 0.25) is 0 Å². The fourth-order valence-electron chi connectivity index (χ4n) is 4.33. The zero-order valence-electron chi connectivity index (χ0n) is 19.3. The van der Waals surface area contributed by atoms with Gasteiger partial charge in [0.1, 0.15) is 12.4 Å². The molecule has 3 heterocycles. The minimum Gasteiger partial charge on any atom is -0.477 e. The van der Waals surface area contributed by atoms with Crippen molar-refractivity contribution in [2.75, 3.05) is 0 Å². The van der Waals surface area contributed by atoms with Crippen LogP contribution in [0.5, 0.6) is 5.88 Å². The first-order chi connectivity index (χ1) is 16.7. The largest absolute Gasteiger partial charge is 0.477 e. The predicted molar refractivity (Wildman–Crippen MR) is 137 cm³/mol. The number of thiazole rings is 1. The summed E-state index contributed by atoms with van der Waals surface area (Å²) in [7, 11) is 0. The molecule has 35 heavy (non-hydrogen) atoms. The number of nitrogens with zero attached hydrogens (tertiary/aromatic N) is 3. The van der Waals surface area contributed by atoms with Gasteiger partial charge in [-0.05, 0) is 62.2 Å². The van der Waals surface area contributed by atoms with Gasteiger partial charge < -0.3 is 5.11 Å². The van der Waals surface area contributed by atoms with Gasteiger partial charge in [-0.15, -0.1) is 11.3 Å². The molecule has 0 radical (unpaired) electrons. The number of fused-ring (bicyclic) bond motifs is 1. The summed E-state index contributed by atoms with van der Waals surface area (Å²) in [6.45, 7) is 5.98. The zero-order valence-corrected chi connectivity index (χ0v) is 20.9. The molecule has 0 unspecified atom stereocenters. The normalized spacial score (nSPS) is 11.3. The van der Waals surface area contributed by atoms with Crippen LogP contribution < -0.4 is 10.1 Å². The Balaban J connectivity index is 1.79. The minimum absolute atomic E-state index is 0.00628. The van der Waals surface area contributed by atoms with Gasteiger partial charge in [0.25, 0.3) is 11.5 Å². The van der Waals surface area contributed by atoms with E-state index in [0.29, 0.717) is 21.8 Å². The standard InChI is InChI=1S/C27H21ClFN3O2S/c1-15-6-8-20(22(28)11-15)18-7-9-23(29)21(12-18)24-26(33)31-10-4-5-16(2)25(31)32(27(24)34)14-19-13-30-17(3)35-19/h4-13H,14H2,1-3H3/p+1. The van der Waals surface area contributed by atoms with Gasteiger partial charge >= 0.3 is 5.56 Å². The van der Waals surface area contributed by atoms with E-state index in [2.05, 4.69) is 4.98 Å². The summed E-state index contributed by atoms with van der Waals surface area (Å²) in [5.41, 5.74) is 3.07. The maximum absolute atomic E-state index is 15.2. The molecule has 176 valence electrons. The second kappa shape index (κ2) is 8.91. The van der Waals surface area contributed by atoms with Crippen LogP contribution in [-0.2, 0) is 6.54 Å². The SMILES string of the molecule is Cc1ccc(-c2ccc(F)c(-c3c(O)[n+](Cc4cnc(C)s4)c4c(C)cccn4c3=O)c2)c(Cl)c1. The van der Waals surface area contributed by atoms with Gasteiger partial charge in [-0.3, -0.25) is 0 Å². The van der Waals surface area contributed by atoms with E-state index in [1.807, 2.05) is 45.0 Å². The van der Waals surface area contributed by atoms with Crippen molar-refractivity contribution in [2.45, 2.75) is 27.3 Å². The highest BCUT2D eigenvalue weighted by molar-refractivity contribution is 7.11. The number of rotatable bonds is 4. The van der Waals surface area contributed by atoms with Gasteiger partial charge in [0.05, 0.1) is 16.1 Å². The van der Waals surface area contributed by atoms with Crippen molar-refractivity contribution >= 4 is 28.6 Å². The van der Waals surface area contributed by atoms with Crippen LogP contribution in [0.3, 0.4) is 0 Å². The van der Waals surface area contributed by atoms with Crippen molar-refractivity contribution in [2.24, 2.45) is 0 Å². The topological polar surface area (TPSA) is 58.5 Å². The Kier molecular flexibility index (Phi) is 5.91. The van der Waals surface area contributed by atoms with E-state index in [-0.39, 0.29) is 23.6 Å². The van der Waals surface area contributed by atoms with E-state index in [9.17, 15) is 9.90 Å². The van der Waals surface area contributed by atoms with Crippen LogP contribution in [0.1, 0.15) is 21.0 Å². The highest BCUT2D eigenvalue weighted by atomic mass is 35.5. The molecule has 3 aromatic heterocycles. The van der Waals surface area contributed by atoms with Gasteiger partial charge in [-0.25, -0.2) is 14.2 Å². The second-order valence-electron chi connectivity index (χ2n) is 8.50. The van der Waals surface area contributed by atoms with Crippen LogP contribution >= 0.6 is 22.9 Å². The fourth-order valence-corrected chi connectivity index (χ4v) is 5.45. The van der Waals surface area contributed by atoms with Crippen LogP contribution in [0.25, 0.3) is 27.9 Å². The van der Waals surface area contributed by atoms with E-state index in [4.69, 9.17) is 11.6 Å². The highest BCUT2D eigenvalue weighted by Gasteiger charge is 2.28. The van der Waals surface area contributed by atoms with E-state index >= 15 is 4.39 Å². The zero-order chi connectivity index (χ0) is 24.9. The molecule has 0 saturated heterocycles. The highest BCUT2D eigenvalue weighted by Crippen LogP contribution is 2.34. The summed E-state index contributed by atoms with van der Waals surface area (Å²) in [6, 6.07) is 13.7. The molecule has 5 nitrogen and oxygen atoms in total. The Morgan fingerprint density at radius 3 is 2.63 bits per heavy atom. The van der Waals surface area contributed by atoms with Gasteiger partial charge in [0.15, 0.2) is 5.56 Å². The van der Waals surface area contributed by atoms with Crippen LogP contribution in [-0.4, -0.2) is 14.5 Å². The predicted octanol–water partition coefficient (Wildman–Crippen LogP) is 5.85. The first kappa shape index (κ1) is 23.2. The molecule has 5 aromatic rings. The maximum Gasteiger partial charge on any atom is 0.354 e. The molecule has 0 bridgehead atoms. The molecule has 5 rings (SSSR count). The second-order valence-corrected chi connectivity index (χ2v) is 10.2. The van der Waals surface area contributed by atoms with E-state index in [1.54, 1.807) is 35.2 Å². The molecule has 0 aliphatic heterocycles. The summed E-state index contributed by atoms with van der Waals surface area (Å²) in [5.74, 6) is -0.918. The van der Waals surface area contributed by atoms with Crippen molar-refractivity contribution in [3.8, 4) is 28.1 Å². The number of aromatic nitrogens is 3. The molecule has 0 aliphatic rings. The maximum atomic E-state index is 15.2. The van der Waals surface area contributed by atoms with Crippen molar-refractivity contribution in [1.29, 1.82) is 0 Å². The van der Waals surface area contributed by atoms with Crippen LogP contribution in [0, 0.1) is 26.6 Å². The molecule has 0 amide bonds. The van der Waals surface area contributed by atoms with Crippen LogP contribution in [0.15, 0.2) is 65.7 Å². The van der Waals surface area contributed by atoms with E-state index in [1.165, 1.54) is 21.8 Å². The van der Waals surface area contributed by atoms with Crippen LogP contribution in [0.2, 0.25) is 5.02 Å². The van der Waals surface area contributed by atoms with Crippen molar-refractivity contribution in [1.82, 2.24) is 9.38 Å². The average Bonchev–Trinajstić information content (AvgIpc) is 3.23. The van der Waals surface area contributed by atoms with Crippen molar-refractivity contribution in [3.63, 3.8) is 0 Å². The smallest absolute Gasteiger partial charge is 0.354 e. The number of halogens is 2. The Morgan fingerprint density at radius 1 is 1.11 bits per heavy atom. The molecular formula is C27H22ClFN3O2S+. The number of benzene rings is 2. The number of pyridine rings is 1. The Morgan fingerprint density at radius 2 is 1.91 bits per heavy atom. The Labute approximate surface area is 210 Å². The lowest BCUT2D eigenvalue weighted by Crippen LogP contribution is -2.41. The quantitative estimate of drug-likeness (QED) is 0.311. The first-order valence-corrected chi connectivity index (χ1v) is 12.2. The number of aromatic hydroxyl groups is 1. The first-order valence-electron chi connectivity index (χ1n) is 11.0. The average molecular weight is 507 g/mol. The number of hydrogen-bond donors (Lipinski definition) is 1. The van der Waals surface area contributed by atoms with E-state index < -0.39 is 11.4 Å². The van der Waals surface area contributed by atoms with Crippen LogP contribution in [0.4, 0.5) is 4.39 Å². The summed E-state index contributed by atoms with van der Waals surface area (Å²) in [5, 5.41) is 12.8. The molecule has 0 aliphatic carbocycles. The molecule has 0 saturated carbocycles. The Hall–Kier alpha value is -3.55. The molecule has 1 N–H and O–H groups in total. The molecule has 0 fully saturated rings. The number of hydrogen-bond acceptors (Lipinski definition) is 4. The molecule has 2 aromatic carbocycles. The van der Waals surface area contributed by atoms with E-state index in [0.717, 1.165) is 21.0 Å². The fraction of sp³-hybridized carbons (Fsp3) is 0.148. The van der Waals surface area contributed by atoms with Gasteiger partial charge in [0, 0.05) is 27.9 Å². The summed E-state index contributed by atoms with van der Waals surface area (Å²) in [6.07, 6.45) is 3.37. The third kappa shape index (κ3) is 4.11. The number of aryl methyl sites for hydroxylation is 3. The summed E-state index contributed by atoms with van der Waals surface area (Å²) < 4.78 is 18.3. The molecular weight excluding hydrogens is 485 g/mol. The lowest BCUT2D eigenvalue weighted by molar-refractivity contribution is -0.671.